The number of nitriles is 1. The Kier molecular flexibility index (Phi) is 6.78. The first-order chi connectivity index (χ1) is 10.1. The lowest BCUT2D eigenvalue weighted by Gasteiger charge is -2.05. The van der Waals surface area contributed by atoms with Crippen LogP contribution in [0.3, 0.4) is 0 Å². The molecule has 21 heavy (non-hydrogen) atoms. The zero-order valence-electron chi connectivity index (χ0n) is 11.8. The summed E-state index contributed by atoms with van der Waals surface area (Å²) >= 11 is 0. The summed E-state index contributed by atoms with van der Waals surface area (Å²) in [7, 11) is 0. The van der Waals surface area contributed by atoms with Crippen molar-refractivity contribution >= 4 is 12.0 Å². The van der Waals surface area contributed by atoms with E-state index in [4.69, 9.17) is 10.00 Å². The Labute approximate surface area is 123 Å². The number of hydrogen-bond donors (Lipinski definition) is 3. The lowest BCUT2D eigenvalue weighted by molar-refractivity contribution is -0.117. The Hall–Kier alpha value is -2.52. The van der Waals surface area contributed by atoms with Crippen LogP contribution < -0.4 is 5.32 Å². The van der Waals surface area contributed by atoms with Gasteiger partial charge in [-0.15, -0.1) is 0 Å². The number of benzene rings is 1. The molecule has 6 heteroatoms. The predicted octanol–water partition coefficient (Wildman–Crippen LogP) is 1.55. The summed E-state index contributed by atoms with van der Waals surface area (Å²) in [6, 6.07) is 5.87. The molecule has 0 aliphatic carbocycles. The van der Waals surface area contributed by atoms with Gasteiger partial charge in [-0.2, -0.15) is 5.26 Å². The number of hydrogen-bond acceptors (Lipinski definition) is 5. The van der Waals surface area contributed by atoms with Gasteiger partial charge >= 0.3 is 0 Å². The van der Waals surface area contributed by atoms with Gasteiger partial charge in [-0.1, -0.05) is 6.07 Å². The fraction of sp³-hybridized carbons (Fsp3) is 0.333. The number of amides is 1. The van der Waals surface area contributed by atoms with Crippen LogP contribution >= 0.6 is 0 Å². The molecule has 1 aromatic carbocycles. The van der Waals surface area contributed by atoms with E-state index in [1.807, 2.05) is 13.0 Å². The molecule has 3 N–H and O–H groups in total. The molecule has 112 valence electrons. The third kappa shape index (κ3) is 5.55. The van der Waals surface area contributed by atoms with Gasteiger partial charge in [-0.25, -0.2) is 0 Å². The molecule has 0 aromatic heterocycles. The van der Waals surface area contributed by atoms with Crippen LogP contribution in [0.2, 0.25) is 0 Å². The van der Waals surface area contributed by atoms with E-state index in [1.54, 1.807) is 0 Å². The maximum atomic E-state index is 11.8. The Morgan fingerprint density at radius 2 is 2.19 bits per heavy atom. The maximum Gasteiger partial charge on any atom is 0.261 e. The molecule has 1 amide bonds. The Morgan fingerprint density at radius 3 is 2.81 bits per heavy atom. The summed E-state index contributed by atoms with van der Waals surface area (Å²) in [5, 5.41) is 30.2. The van der Waals surface area contributed by atoms with Crippen molar-refractivity contribution in [3.63, 3.8) is 0 Å². The molecule has 0 saturated carbocycles. The minimum atomic E-state index is -0.485. The summed E-state index contributed by atoms with van der Waals surface area (Å²) in [6.45, 7) is 3.48. The van der Waals surface area contributed by atoms with Crippen molar-refractivity contribution in [1.82, 2.24) is 5.32 Å². The molecule has 0 aliphatic rings. The summed E-state index contributed by atoms with van der Waals surface area (Å²) in [4.78, 5) is 11.8. The lowest BCUT2D eigenvalue weighted by atomic mass is 10.1. The van der Waals surface area contributed by atoms with Crippen LogP contribution in [-0.2, 0) is 9.53 Å². The first-order valence-corrected chi connectivity index (χ1v) is 6.58. The largest absolute Gasteiger partial charge is 0.504 e. The van der Waals surface area contributed by atoms with E-state index in [-0.39, 0.29) is 17.1 Å². The topological polar surface area (TPSA) is 103 Å². The molecule has 0 spiro atoms. The van der Waals surface area contributed by atoms with Crippen molar-refractivity contribution in [2.75, 3.05) is 19.8 Å². The average Bonchev–Trinajstić information content (AvgIpc) is 2.48. The van der Waals surface area contributed by atoms with E-state index in [9.17, 15) is 15.0 Å². The standard InChI is InChI=1S/C15H18N2O4/c1-2-21-7-3-6-17-15(20)12(10-16)8-11-4-5-13(18)14(19)9-11/h4-5,8-9,18-19H,2-3,6-7H2,1H3,(H,17,20)/b12-8+. The number of phenolic OH excluding ortho intramolecular Hbond substituents is 2. The van der Waals surface area contributed by atoms with Crippen LogP contribution in [0.5, 0.6) is 11.5 Å². The first kappa shape index (κ1) is 16.5. The van der Waals surface area contributed by atoms with E-state index < -0.39 is 5.91 Å². The van der Waals surface area contributed by atoms with Crippen LogP contribution in [0.1, 0.15) is 18.9 Å². The van der Waals surface area contributed by atoms with Gasteiger partial charge in [0.1, 0.15) is 11.6 Å². The number of aromatic hydroxyl groups is 2. The van der Waals surface area contributed by atoms with Crippen LogP contribution in [0.25, 0.3) is 6.08 Å². The van der Waals surface area contributed by atoms with Crippen molar-refractivity contribution in [3.05, 3.63) is 29.3 Å². The zero-order valence-corrected chi connectivity index (χ0v) is 11.8. The number of phenols is 2. The molecule has 6 nitrogen and oxygen atoms in total. The summed E-state index contributed by atoms with van der Waals surface area (Å²) in [6.07, 6.45) is 2.01. The van der Waals surface area contributed by atoms with Crippen molar-refractivity contribution in [2.24, 2.45) is 0 Å². The first-order valence-electron chi connectivity index (χ1n) is 6.58. The van der Waals surface area contributed by atoms with Crippen LogP contribution in [0.4, 0.5) is 0 Å². The SMILES string of the molecule is CCOCCCNC(=O)/C(C#N)=C/c1ccc(O)c(O)c1. The Morgan fingerprint density at radius 1 is 1.43 bits per heavy atom. The highest BCUT2D eigenvalue weighted by molar-refractivity contribution is 6.01. The molecule has 0 aliphatic heterocycles. The summed E-state index contributed by atoms with van der Waals surface area (Å²) in [5.74, 6) is -1.05. The molecule has 0 radical (unpaired) electrons. The van der Waals surface area contributed by atoms with Crippen molar-refractivity contribution in [1.29, 1.82) is 5.26 Å². The number of nitrogens with zero attached hydrogens (tertiary/aromatic N) is 1. The van der Waals surface area contributed by atoms with Gasteiger partial charge in [0.25, 0.3) is 5.91 Å². The van der Waals surface area contributed by atoms with E-state index in [0.717, 1.165) is 0 Å². The normalized spacial score (nSPS) is 11.0. The van der Waals surface area contributed by atoms with Gasteiger partial charge in [-0.05, 0) is 37.1 Å². The van der Waals surface area contributed by atoms with Crippen LogP contribution in [0, 0.1) is 11.3 Å². The highest BCUT2D eigenvalue weighted by atomic mass is 16.5. The van der Waals surface area contributed by atoms with E-state index in [1.165, 1.54) is 24.3 Å². The van der Waals surface area contributed by atoms with Gasteiger partial charge in [-0.3, -0.25) is 4.79 Å². The second kappa shape index (κ2) is 8.61. The molecule has 0 fully saturated rings. The minimum Gasteiger partial charge on any atom is -0.504 e. The number of carbonyl (C=O) groups is 1. The van der Waals surface area contributed by atoms with Gasteiger partial charge in [0, 0.05) is 19.8 Å². The lowest BCUT2D eigenvalue weighted by Crippen LogP contribution is -2.26. The highest BCUT2D eigenvalue weighted by Gasteiger charge is 2.09. The Bertz CT molecular complexity index is 561. The molecule has 0 saturated heterocycles. The number of carbonyl (C=O) groups excluding carboxylic acids is 1. The zero-order chi connectivity index (χ0) is 15.7. The molecule has 0 bridgehead atoms. The molecule has 1 aromatic rings. The van der Waals surface area contributed by atoms with Crippen LogP contribution in [-0.4, -0.2) is 35.9 Å². The van der Waals surface area contributed by atoms with Crippen LogP contribution in [0.15, 0.2) is 23.8 Å². The van der Waals surface area contributed by atoms with E-state index in [2.05, 4.69) is 5.32 Å². The highest BCUT2D eigenvalue weighted by Crippen LogP contribution is 2.25. The second-order valence-corrected chi connectivity index (χ2v) is 4.22. The third-order valence-corrected chi connectivity index (χ3v) is 2.63. The molecular formula is C15H18N2O4. The van der Waals surface area contributed by atoms with Gasteiger partial charge < -0.3 is 20.3 Å². The molecule has 0 atom stereocenters. The quantitative estimate of drug-likeness (QED) is 0.306. The average molecular weight is 290 g/mol. The van der Waals surface area contributed by atoms with Gasteiger partial charge in [0.15, 0.2) is 11.5 Å². The number of nitrogens with one attached hydrogen (secondary N) is 1. The third-order valence-electron chi connectivity index (χ3n) is 2.63. The monoisotopic (exact) mass is 290 g/mol. The minimum absolute atomic E-state index is 0.0727. The number of rotatable bonds is 7. The fourth-order valence-electron chi connectivity index (χ4n) is 1.56. The molecule has 0 unspecified atom stereocenters. The molecule has 0 heterocycles. The predicted molar refractivity (Wildman–Crippen MR) is 77.5 cm³/mol. The van der Waals surface area contributed by atoms with Gasteiger partial charge in [0.2, 0.25) is 0 Å². The number of ether oxygens (including phenoxy) is 1. The van der Waals surface area contributed by atoms with Crippen molar-refractivity contribution in [3.8, 4) is 17.6 Å². The van der Waals surface area contributed by atoms with E-state index in [0.29, 0.717) is 31.7 Å². The second-order valence-electron chi connectivity index (χ2n) is 4.22. The maximum absolute atomic E-state index is 11.8. The molecular weight excluding hydrogens is 272 g/mol. The van der Waals surface area contributed by atoms with E-state index >= 15 is 0 Å². The summed E-state index contributed by atoms with van der Waals surface area (Å²) in [5.41, 5.74) is 0.378. The fourth-order valence-corrected chi connectivity index (χ4v) is 1.56. The Balaban J connectivity index is 2.64. The smallest absolute Gasteiger partial charge is 0.261 e. The van der Waals surface area contributed by atoms with Crippen molar-refractivity contribution in [2.45, 2.75) is 13.3 Å². The van der Waals surface area contributed by atoms with Crippen molar-refractivity contribution < 1.29 is 19.7 Å². The molecule has 1 rings (SSSR count). The summed E-state index contributed by atoms with van der Waals surface area (Å²) < 4.78 is 5.14. The van der Waals surface area contributed by atoms with Gasteiger partial charge in [0.05, 0.1) is 0 Å².